The fourth-order valence-corrected chi connectivity index (χ4v) is 16.2. The molecule has 0 aromatic carbocycles. The molecule has 11 nitrogen and oxygen atoms in total. The molecular weight excluding hydrogens is 638 g/mol. The minimum absolute atomic E-state index is 0.264. The van der Waals surface area contributed by atoms with Crippen molar-refractivity contribution in [3.05, 3.63) is 12.7 Å². The molecule has 42 heavy (non-hydrogen) atoms. The van der Waals surface area contributed by atoms with Crippen LogP contribution < -0.4 is 4.98 Å². The summed E-state index contributed by atoms with van der Waals surface area (Å²) in [5, 5.41) is 0. The highest BCUT2D eigenvalue weighted by molar-refractivity contribution is 7.58. The number of hydrogen-bond donors (Lipinski definition) is 1. The summed E-state index contributed by atoms with van der Waals surface area (Å²) in [5.41, 5.74) is 0.592. The van der Waals surface area contributed by atoms with Crippen LogP contribution in [-0.2, 0) is 26.6 Å². The zero-order valence-corrected chi connectivity index (χ0v) is 34.3. The lowest BCUT2D eigenvalue weighted by Gasteiger charge is -2.39. The van der Waals surface area contributed by atoms with E-state index in [0.717, 1.165) is 0 Å². The third-order valence-electron chi connectivity index (χ3n) is 5.78. The standard InChI is InChI=1S/C25H54N5O6PSi5/c1-38(2,3)29-23-20-24(27-17-26-23)30(18-28-20)25-21(34-40(7,8)9)22(19(33-25)16-32-39(4,5)6)37(31,35-41(10,11)12)36-42(13,14)15/h17-19,21-22,25H,16H2,1-15H3,(H,26,27,29)/t19-,21-,22-,25?/m0/s1. The number of hydrogen-bond acceptors (Lipinski definition) is 10. The van der Waals surface area contributed by atoms with E-state index in [-0.39, 0.29) is 6.61 Å². The summed E-state index contributed by atoms with van der Waals surface area (Å²) in [6.45, 7) is 31.9. The Kier molecular flexibility index (Phi) is 10.6. The van der Waals surface area contributed by atoms with E-state index in [1.165, 1.54) is 0 Å². The predicted molar refractivity (Wildman–Crippen MR) is 184 cm³/mol. The molecule has 1 fully saturated rings. The Balaban J connectivity index is 2.24. The van der Waals surface area contributed by atoms with E-state index in [1.54, 1.807) is 12.7 Å². The van der Waals surface area contributed by atoms with Crippen molar-refractivity contribution in [2.45, 2.75) is 122 Å². The Morgan fingerprint density at radius 1 is 0.833 bits per heavy atom. The van der Waals surface area contributed by atoms with E-state index in [1.807, 2.05) is 43.8 Å². The number of nitrogens with one attached hydrogen (secondary N) is 1. The van der Waals surface area contributed by atoms with Crippen LogP contribution >= 0.6 is 7.60 Å². The Morgan fingerprint density at radius 2 is 1.40 bits per heavy atom. The van der Waals surface area contributed by atoms with Gasteiger partial charge in [-0.15, -0.1) is 0 Å². The van der Waals surface area contributed by atoms with E-state index in [9.17, 15) is 0 Å². The second-order valence-corrected chi connectivity index (χ2v) is 41.4. The van der Waals surface area contributed by atoms with Crippen LogP contribution in [0.3, 0.4) is 0 Å². The van der Waals surface area contributed by atoms with Gasteiger partial charge in [-0.05, 0) is 78.6 Å². The highest BCUT2D eigenvalue weighted by Crippen LogP contribution is 2.63. The molecule has 3 rings (SSSR count). The number of imidazole rings is 1. The Hall–Kier alpha value is -0.536. The van der Waals surface area contributed by atoms with Gasteiger partial charge in [0.05, 0.1) is 19.0 Å². The van der Waals surface area contributed by atoms with Crippen molar-refractivity contribution < 1.29 is 26.6 Å². The van der Waals surface area contributed by atoms with E-state index in [0.29, 0.717) is 17.0 Å². The first-order chi connectivity index (χ1) is 18.8. The molecule has 0 amide bonds. The van der Waals surface area contributed by atoms with Crippen LogP contribution in [0.25, 0.3) is 11.2 Å². The van der Waals surface area contributed by atoms with Crippen molar-refractivity contribution >= 4 is 66.1 Å². The zero-order chi connectivity index (χ0) is 32.1. The predicted octanol–water partition coefficient (Wildman–Crippen LogP) is 7.31. The number of fused-ring (bicyclic) bond motifs is 1. The smallest absolute Gasteiger partial charge is 0.319 e. The van der Waals surface area contributed by atoms with Crippen LogP contribution in [0.4, 0.5) is 5.82 Å². The zero-order valence-electron chi connectivity index (χ0n) is 28.4. The van der Waals surface area contributed by atoms with E-state index in [2.05, 4.69) is 73.9 Å². The first-order valence-corrected chi connectivity index (χ1v) is 33.5. The topological polar surface area (TPSA) is 119 Å². The maximum absolute atomic E-state index is 15.2. The molecule has 1 saturated heterocycles. The third-order valence-corrected chi connectivity index (χ3v) is 16.5. The molecular formula is C25H54N5O6PSi5. The SMILES string of the molecule is C[Si](C)(C)Nc1ncnc2c1ncn2C1O[C@@H](CO[Si](C)(C)C)[C@H](P(=O)(O[Si](C)(C)C)O[Si](C)(C)C)[C@@H]1O[Si](C)(C)C. The van der Waals surface area contributed by atoms with E-state index < -0.39 is 73.2 Å². The monoisotopic (exact) mass is 691 g/mol. The first kappa shape index (κ1) is 35.9. The average Bonchev–Trinajstić information content (AvgIpc) is 3.28. The van der Waals surface area contributed by atoms with Gasteiger partial charge in [-0.2, -0.15) is 0 Å². The van der Waals surface area contributed by atoms with Gasteiger partial charge in [-0.1, -0.05) is 19.6 Å². The molecule has 0 spiro atoms. The fourth-order valence-electron chi connectivity index (χ4n) is 4.72. The molecule has 3 heterocycles. The molecule has 1 N–H and O–H groups in total. The van der Waals surface area contributed by atoms with Gasteiger partial charge in [0.1, 0.15) is 37.7 Å². The first-order valence-electron chi connectivity index (χ1n) is 14.7. The molecule has 0 aliphatic carbocycles. The number of ether oxygens (including phenoxy) is 1. The lowest BCUT2D eigenvalue weighted by molar-refractivity contribution is -0.0429. The van der Waals surface area contributed by atoms with Crippen molar-refractivity contribution in [2.24, 2.45) is 0 Å². The summed E-state index contributed by atoms with van der Waals surface area (Å²) in [5.74, 6) is 0.698. The highest BCUT2D eigenvalue weighted by Gasteiger charge is 2.59. The largest absolute Gasteiger partial charge is 0.415 e. The minimum atomic E-state index is -3.77. The van der Waals surface area contributed by atoms with Crippen LogP contribution in [0.5, 0.6) is 0 Å². The molecule has 1 aliphatic heterocycles. The second-order valence-electron chi connectivity index (χ2n) is 16.0. The molecule has 0 radical (unpaired) electrons. The average molecular weight is 692 g/mol. The van der Waals surface area contributed by atoms with Gasteiger partial charge < -0.3 is 27.0 Å². The Labute approximate surface area is 258 Å². The molecule has 1 aliphatic rings. The van der Waals surface area contributed by atoms with Gasteiger partial charge in [0.25, 0.3) is 0 Å². The molecule has 4 atom stereocenters. The summed E-state index contributed by atoms with van der Waals surface area (Å²) in [7, 11) is -14.3. The quantitative estimate of drug-likeness (QED) is 0.169. The molecule has 17 heteroatoms. The van der Waals surface area contributed by atoms with Crippen molar-refractivity contribution in [1.82, 2.24) is 19.5 Å². The van der Waals surface area contributed by atoms with E-state index >= 15 is 4.57 Å². The van der Waals surface area contributed by atoms with Crippen molar-refractivity contribution in [3.63, 3.8) is 0 Å². The number of rotatable bonds is 13. The van der Waals surface area contributed by atoms with Crippen LogP contribution in [0.15, 0.2) is 12.7 Å². The number of anilines is 1. The van der Waals surface area contributed by atoms with Crippen molar-refractivity contribution in [1.29, 1.82) is 0 Å². The van der Waals surface area contributed by atoms with Gasteiger partial charge in [0, 0.05) is 0 Å². The molecule has 2 aromatic rings. The minimum Gasteiger partial charge on any atom is -0.415 e. The van der Waals surface area contributed by atoms with Gasteiger partial charge >= 0.3 is 7.60 Å². The lowest BCUT2D eigenvalue weighted by Crippen LogP contribution is -2.46. The van der Waals surface area contributed by atoms with E-state index in [4.69, 9.17) is 27.0 Å². The van der Waals surface area contributed by atoms with Crippen molar-refractivity contribution in [2.75, 3.05) is 11.6 Å². The van der Waals surface area contributed by atoms with Crippen LogP contribution in [0.1, 0.15) is 6.23 Å². The highest BCUT2D eigenvalue weighted by atomic mass is 31.2. The Morgan fingerprint density at radius 3 is 1.88 bits per heavy atom. The van der Waals surface area contributed by atoms with Crippen LogP contribution in [0.2, 0.25) is 98.2 Å². The maximum atomic E-state index is 15.2. The number of aromatic nitrogens is 4. The summed E-state index contributed by atoms with van der Waals surface area (Å²) in [6.07, 6.45) is 1.39. The maximum Gasteiger partial charge on any atom is 0.319 e. The molecule has 240 valence electrons. The van der Waals surface area contributed by atoms with Crippen LogP contribution in [0, 0.1) is 0 Å². The van der Waals surface area contributed by atoms with Gasteiger partial charge in [0.15, 0.2) is 45.1 Å². The molecule has 2 aromatic heterocycles. The summed E-state index contributed by atoms with van der Waals surface area (Å²) in [4.78, 5) is 17.4. The third kappa shape index (κ3) is 9.99. The summed E-state index contributed by atoms with van der Waals surface area (Å²) < 4.78 is 50.5. The molecule has 0 bridgehead atoms. The van der Waals surface area contributed by atoms with Crippen LogP contribution in [-0.4, -0.2) is 85.5 Å². The molecule has 1 unspecified atom stereocenters. The Bertz CT molecular complexity index is 1260. The van der Waals surface area contributed by atoms with Crippen molar-refractivity contribution in [3.8, 4) is 0 Å². The van der Waals surface area contributed by atoms with Gasteiger partial charge in [-0.25, -0.2) is 15.0 Å². The fraction of sp³-hybridized carbons (Fsp3) is 0.800. The molecule has 0 saturated carbocycles. The van der Waals surface area contributed by atoms with Gasteiger partial charge in [0.2, 0.25) is 0 Å². The lowest BCUT2D eigenvalue weighted by atomic mass is 10.2. The second kappa shape index (κ2) is 12.3. The normalized spacial score (nSPS) is 23.1. The number of nitrogens with zero attached hydrogens (tertiary/aromatic N) is 4. The summed E-state index contributed by atoms with van der Waals surface area (Å²) in [6, 6.07) is 0. The summed E-state index contributed by atoms with van der Waals surface area (Å²) >= 11 is 0. The van der Waals surface area contributed by atoms with Gasteiger partial charge in [-0.3, -0.25) is 9.13 Å².